The number of fused-ring (bicyclic) bond motifs is 1. The highest BCUT2D eigenvalue weighted by Crippen LogP contribution is 2.17. The summed E-state index contributed by atoms with van der Waals surface area (Å²) in [5, 5.41) is 11.4. The van der Waals surface area contributed by atoms with Crippen molar-refractivity contribution in [2.75, 3.05) is 0 Å². The third-order valence-electron chi connectivity index (χ3n) is 2.95. The summed E-state index contributed by atoms with van der Waals surface area (Å²) in [6.07, 6.45) is 1.35. The molecule has 1 aromatic heterocycles. The van der Waals surface area contributed by atoms with Gasteiger partial charge in [0.15, 0.2) is 0 Å². The molecule has 1 amide bonds. The Kier molecular flexibility index (Phi) is 3.69. The van der Waals surface area contributed by atoms with Gasteiger partial charge in [-0.2, -0.15) is 0 Å². The number of rotatable bonds is 4. The average molecular weight is 279 g/mol. The third-order valence-corrected chi connectivity index (χ3v) is 2.95. The van der Waals surface area contributed by atoms with E-state index in [1.54, 1.807) is 13.8 Å². The Bertz CT molecular complexity index is 666. The van der Waals surface area contributed by atoms with E-state index < -0.39 is 23.7 Å². The number of benzene rings is 1. The number of nitrogens with zero attached hydrogens (tertiary/aromatic N) is 1. The molecule has 0 radical (unpaired) electrons. The Morgan fingerprint density at radius 2 is 2.10 bits per heavy atom. The van der Waals surface area contributed by atoms with Crippen LogP contribution < -0.4 is 5.32 Å². The largest absolute Gasteiger partial charge is 0.480 e. The number of carbonyl (C=O) groups is 2. The van der Waals surface area contributed by atoms with E-state index in [0.717, 1.165) is 6.07 Å². The SMILES string of the molecule is CC(C)[C@@H](NC(=O)c1cc(F)cc2[nH]cnc12)C(=O)O. The number of aliphatic carboxylic acids is 1. The summed E-state index contributed by atoms with van der Waals surface area (Å²) in [5.74, 6) is -2.69. The van der Waals surface area contributed by atoms with Crippen molar-refractivity contribution < 1.29 is 19.1 Å². The molecule has 0 fully saturated rings. The molecule has 106 valence electrons. The number of imidazole rings is 1. The van der Waals surface area contributed by atoms with Gasteiger partial charge in [-0.15, -0.1) is 0 Å². The maximum atomic E-state index is 13.4. The van der Waals surface area contributed by atoms with E-state index >= 15 is 0 Å². The summed E-state index contributed by atoms with van der Waals surface area (Å²) in [7, 11) is 0. The topological polar surface area (TPSA) is 95.1 Å². The highest BCUT2D eigenvalue weighted by molar-refractivity contribution is 6.05. The zero-order valence-electron chi connectivity index (χ0n) is 11.0. The number of hydrogen-bond donors (Lipinski definition) is 3. The number of carboxylic acid groups (broad SMARTS) is 1. The molecular formula is C13H14FN3O3. The predicted molar refractivity (Wildman–Crippen MR) is 69.8 cm³/mol. The van der Waals surface area contributed by atoms with Crippen molar-refractivity contribution in [3.05, 3.63) is 29.8 Å². The lowest BCUT2D eigenvalue weighted by molar-refractivity contribution is -0.140. The molecular weight excluding hydrogens is 265 g/mol. The second-order valence-electron chi connectivity index (χ2n) is 4.79. The number of carboxylic acids is 1. The summed E-state index contributed by atoms with van der Waals surface area (Å²) in [5.41, 5.74) is 0.691. The number of carbonyl (C=O) groups excluding carboxylic acids is 1. The van der Waals surface area contributed by atoms with Crippen molar-refractivity contribution in [2.45, 2.75) is 19.9 Å². The number of halogens is 1. The zero-order chi connectivity index (χ0) is 14.9. The summed E-state index contributed by atoms with van der Waals surface area (Å²) in [6, 6.07) is 1.22. The van der Waals surface area contributed by atoms with Crippen molar-refractivity contribution in [3.63, 3.8) is 0 Å². The van der Waals surface area contributed by atoms with E-state index in [-0.39, 0.29) is 11.5 Å². The lowest BCUT2D eigenvalue weighted by Gasteiger charge is -2.18. The van der Waals surface area contributed by atoms with Crippen LogP contribution in [0.2, 0.25) is 0 Å². The molecule has 0 aliphatic carbocycles. The molecule has 1 aromatic carbocycles. The van der Waals surface area contributed by atoms with Crippen LogP contribution in [-0.4, -0.2) is 33.0 Å². The van der Waals surface area contributed by atoms with Crippen LogP contribution in [0.1, 0.15) is 24.2 Å². The smallest absolute Gasteiger partial charge is 0.326 e. The molecule has 2 aromatic rings. The van der Waals surface area contributed by atoms with E-state index in [9.17, 15) is 14.0 Å². The van der Waals surface area contributed by atoms with Crippen LogP contribution in [0.25, 0.3) is 11.0 Å². The molecule has 0 saturated carbocycles. The normalized spacial score (nSPS) is 12.6. The highest BCUT2D eigenvalue weighted by Gasteiger charge is 2.25. The Hall–Kier alpha value is -2.44. The van der Waals surface area contributed by atoms with Crippen molar-refractivity contribution in [1.29, 1.82) is 0 Å². The minimum Gasteiger partial charge on any atom is -0.480 e. The van der Waals surface area contributed by atoms with E-state index in [1.807, 2.05) is 0 Å². The second kappa shape index (κ2) is 5.28. The van der Waals surface area contributed by atoms with Gasteiger partial charge in [-0.05, 0) is 18.1 Å². The molecule has 0 unspecified atom stereocenters. The Balaban J connectivity index is 2.36. The first-order chi connectivity index (χ1) is 9.40. The number of aromatic nitrogens is 2. The van der Waals surface area contributed by atoms with Gasteiger partial charge in [-0.1, -0.05) is 13.8 Å². The molecule has 3 N–H and O–H groups in total. The molecule has 0 bridgehead atoms. The number of hydrogen-bond acceptors (Lipinski definition) is 3. The molecule has 0 aliphatic heterocycles. The Labute approximate surface area is 114 Å². The molecule has 0 aliphatic rings. The summed E-state index contributed by atoms with van der Waals surface area (Å²) in [4.78, 5) is 29.9. The maximum Gasteiger partial charge on any atom is 0.326 e. The predicted octanol–water partition coefficient (Wildman–Crippen LogP) is 1.54. The van der Waals surface area contributed by atoms with E-state index in [4.69, 9.17) is 5.11 Å². The fraction of sp³-hybridized carbons (Fsp3) is 0.308. The van der Waals surface area contributed by atoms with E-state index in [0.29, 0.717) is 11.0 Å². The lowest BCUT2D eigenvalue weighted by Crippen LogP contribution is -2.44. The number of H-pyrrole nitrogens is 1. The van der Waals surface area contributed by atoms with Crippen LogP contribution in [0.5, 0.6) is 0 Å². The number of aromatic amines is 1. The molecule has 2 rings (SSSR count). The second-order valence-corrected chi connectivity index (χ2v) is 4.79. The third kappa shape index (κ3) is 2.61. The van der Waals surface area contributed by atoms with Gasteiger partial charge in [0.05, 0.1) is 17.4 Å². The minimum absolute atomic E-state index is 0.00755. The first-order valence-corrected chi connectivity index (χ1v) is 6.06. The maximum absolute atomic E-state index is 13.4. The number of nitrogens with one attached hydrogen (secondary N) is 2. The lowest BCUT2D eigenvalue weighted by atomic mass is 10.0. The Morgan fingerprint density at radius 1 is 1.40 bits per heavy atom. The van der Waals surface area contributed by atoms with Gasteiger partial charge < -0.3 is 15.4 Å². The molecule has 0 spiro atoms. The summed E-state index contributed by atoms with van der Waals surface area (Å²) >= 11 is 0. The highest BCUT2D eigenvalue weighted by atomic mass is 19.1. The van der Waals surface area contributed by atoms with Crippen LogP contribution in [0.4, 0.5) is 4.39 Å². The molecule has 7 heteroatoms. The fourth-order valence-corrected chi connectivity index (χ4v) is 1.92. The monoisotopic (exact) mass is 279 g/mol. The van der Waals surface area contributed by atoms with Gasteiger partial charge in [0.2, 0.25) is 0 Å². The number of amides is 1. The quantitative estimate of drug-likeness (QED) is 0.791. The van der Waals surface area contributed by atoms with Gasteiger partial charge in [-0.25, -0.2) is 14.2 Å². The van der Waals surface area contributed by atoms with Crippen LogP contribution >= 0.6 is 0 Å². The molecule has 0 saturated heterocycles. The van der Waals surface area contributed by atoms with Crippen molar-refractivity contribution in [1.82, 2.24) is 15.3 Å². The molecule has 1 atom stereocenters. The van der Waals surface area contributed by atoms with Gasteiger partial charge in [-0.3, -0.25) is 4.79 Å². The van der Waals surface area contributed by atoms with Crippen LogP contribution in [0, 0.1) is 11.7 Å². The van der Waals surface area contributed by atoms with Gasteiger partial charge in [0, 0.05) is 0 Å². The fourth-order valence-electron chi connectivity index (χ4n) is 1.92. The van der Waals surface area contributed by atoms with Gasteiger partial charge in [0.25, 0.3) is 5.91 Å². The van der Waals surface area contributed by atoms with Crippen molar-refractivity contribution in [3.8, 4) is 0 Å². The summed E-state index contributed by atoms with van der Waals surface area (Å²) < 4.78 is 13.4. The molecule has 20 heavy (non-hydrogen) atoms. The van der Waals surface area contributed by atoms with Crippen molar-refractivity contribution >= 4 is 22.9 Å². The molecule has 6 nitrogen and oxygen atoms in total. The van der Waals surface area contributed by atoms with Gasteiger partial charge >= 0.3 is 5.97 Å². The van der Waals surface area contributed by atoms with E-state index in [1.165, 1.54) is 12.4 Å². The van der Waals surface area contributed by atoms with E-state index in [2.05, 4.69) is 15.3 Å². The standard InChI is InChI=1S/C13H14FN3O3/c1-6(2)10(13(19)20)17-12(18)8-3-7(14)4-9-11(8)16-5-15-9/h3-6,10H,1-2H3,(H,15,16)(H,17,18)(H,19,20)/t10-/m1/s1. The van der Waals surface area contributed by atoms with Crippen LogP contribution in [-0.2, 0) is 4.79 Å². The van der Waals surface area contributed by atoms with Crippen molar-refractivity contribution in [2.24, 2.45) is 5.92 Å². The zero-order valence-corrected chi connectivity index (χ0v) is 11.0. The first-order valence-electron chi connectivity index (χ1n) is 6.06. The molecule has 1 heterocycles. The van der Waals surface area contributed by atoms with Gasteiger partial charge in [0.1, 0.15) is 17.4 Å². The first kappa shape index (κ1) is 14.0. The minimum atomic E-state index is -1.14. The van der Waals surface area contributed by atoms with Crippen LogP contribution in [0.3, 0.4) is 0 Å². The average Bonchev–Trinajstić information content (AvgIpc) is 2.81. The summed E-state index contributed by atoms with van der Waals surface area (Å²) in [6.45, 7) is 3.35. The van der Waals surface area contributed by atoms with Crippen LogP contribution in [0.15, 0.2) is 18.5 Å². The Morgan fingerprint density at radius 3 is 2.70 bits per heavy atom.